The predicted octanol–water partition coefficient (Wildman–Crippen LogP) is 4.29. The van der Waals surface area contributed by atoms with Crippen molar-refractivity contribution < 1.29 is 4.42 Å². The highest BCUT2D eigenvalue weighted by molar-refractivity contribution is 7.80. The van der Waals surface area contributed by atoms with E-state index >= 15 is 0 Å². The van der Waals surface area contributed by atoms with Gasteiger partial charge in [-0.2, -0.15) is 12.6 Å². The van der Waals surface area contributed by atoms with Crippen molar-refractivity contribution in [2.75, 3.05) is 19.3 Å². The van der Waals surface area contributed by atoms with E-state index in [0.717, 1.165) is 24.6 Å². The molecule has 1 aromatic heterocycles. The quantitative estimate of drug-likeness (QED) is 0.640. The average Bonchev–Trinajstić information content (AvgIpc) is 2.66. The molecular weight excluding hydrogens is 254 g/mol. The molecule has 2 nitrogen and oxygen atoms in total. The van der Waals surface area contributed by atoms with Crippen molar-refractivity contribution in [3.05, 3.63) is 23.7 Å². The lowest BCUT2D eigenvalue weighted by molar-refractivity contribution is 0.169. The Morgan fingerprint density at radius 2 is 1.95 bits per heavy atom. The molecule has 2 rings (SSSR count). The van der Waals surface area contributed by atoms with Crippen LogP contribution in [0.4, 0.5) is 0 Å². The maximum absolute atomic E-state index is 5.39. The highest BCUT2D eigenvalue weighted by atomic mass is 32.1. The first-order valence-electron chi connectivity index (χ1n) is 7.48. The van der Waals surface area contributed by atoms with Gasteiger partial charge in [0.15, 0.2) is 0 Å². The van der Waals surface area contributed by atoms with Gasteiger partial charge in [-0.25, -0.2) is 0 Å². The summed E-state index contributed by atoms with van der Waals surface area (Å²) in [4.78, 5) is 2.44. The van der Waals surface area contributed by atoms with Gasteiger partial charge in [-0.05, 0) is 44.0 Å². The Kier molecular flexibility index (Phi) is 5.40. The van der Waals surface area contributed by atoms with E-state index in [1.807, 2.05) is 6.92 Å². The highest BCUT2D eigenvalue weighted by Gasteiger charge is 2.30. The summed E-state index contributed by atoms with van der Waals surface area (Å²) in [7, 11) is 2.22. The third-order valence-electron chi connectivity index (χ3n) is 4.51. The van der Waals surface area contributed by atoms with Gasteiger partial charge in [0.2, 0.25) is 0 Å². The molecule has 1 saturated carbocycles. The summed E-state index contributed by atoms with van der Waals surface area (Å²) >= 11 is 4.66. The predicted molar refractivity (Wildman–Crippen MR) is 83.8 cm³/mol. The number of nitrogens with zero attached hydrogens (tertiary/aromatic N) is 1. The molecule has 0 N–H and O–H groups in total. The minimum absolute atomic E-state index is 0.423. The Morgan fingerprint density at radius 1 is 1.26 bits per heavy atom. The molecular formula is C16H27NOS. The smallest absolute Gasteiger partial charge is 0.105 e. The van der Waals surface area contributed by atoms with Gasteiger partial charge in [0.05, 0.1) is 6.26 Å². The molecule has 0 unspecified atom stereocenters. The normalized spacial score (nSPS) is 19.6. The van der Waals surface area contributed by atoms with Crippen LogP contribution in [0.25, 0.3) is 0 Å². The zero-order valence-electron chi connectivity index (χ0n) is 12.3. The molecule has 0 saturated heterocycles. The number of aryl methyl sites for hydroxylation is 1. The Bertz CT molecular complexity index is 380. The van der Waals surface area contributed by atoms with Crippen LogP contribution in [-0.4, -0.2) is 24.2 Å². The Balaban J connectivity index is 1.95. The van der Waals surface area contributed by atoms with E-state index in [4.69, 9.17) is 4.42 Å². The van der Waals surface area contributed by atoms with Crippen LogP contribution in [0.15, 0.2) is 16.7 Å². The molecule has 1 aromatic rings. The van der Waals surface area contributed by atoms with Gasteiger partial charge >= 0.3 is 0 Å². The van der Waals surface area contributed by atoms with E-state index in [0.29, 0.717) is 5.41 Å². The number of hydrogen-bond donors (Lipinski definition) is 1. The van der Waals surface area contributed by atoms with Crippen LogP contribution in [0.2, 0.25) is 0 Å². The fourth-order valence-electron chi connectivity index (χ4n) is 3.34. The molecule has 0 bridgehead atoms. The van der Waals surface area contributed by atoms with Crippen molar-refractivity contribution >= 4 is 12.6 Å². The van der Waals surface area contributed by atoms with E-state index in [1.54, 1.807) is 6.26 Å². The molecule has 1 aliphatic carbocycles. The maximum Gasteiger partial charge on any atom is 0.105 e. The number of rotatable bonds is 5. The van der Waals surface area contributed by atoms with Gasteiger partial charge in [-0.15, -0.1) is 0 Å². The molecule has 0 aromatic carbocycles. The van der Waals surface area contributed by atoms with Crippen molar-refractivity contribution in [2.45, 2.75) is 52.0 Å². The standard InChI is InChI=1S/C16H27NOS/c1-14-15(7-10-18-14)11-17(2)12-16(13-19)8-5-3-4-6-9-16/h7,10,19H,3-6,8-9,11-13H2,1-2H3. The highest BCUT2D eigenvalue weighted by Crippen LogP contribution is 2.37. The largest absolute Gasteiger partial charge is 0.469 e. The van der Waals surface area contributed by atoms with Gasteiger partial charge in [0.1, 0.15) is 5.76 Å². The Labute approximate surface area is 123 Å². The molecule has 1 aliphatic rings. The van der Waals surface area contributed by atoms with E-state index in [1.165, 1.54) is 44.1 Å². The average molecular weight is 281 g/mol. The molecule has 0 aliphatic heterocycles. The minimum Gasteiger partial charge on any atom is -0.469 e. The van der Waals surface area contributed by atoms with Crippen molar-refractivity contribution in [1.29, 1.82) is 0 Å². The van der Waals surface area contributed by atoms with Gasteiger partial charge in [0.25, 0.3) is 0 Å². The summed E-state index contributed by atoms with van der Waals surface area (Å²) in [6.45, 7) is 4.18. The van der Waals surface area contributed by atoms with Gasteiger partial charge in [0, 0.05) is 18.7 Å². The first kappa shape index (κ1) is 15.0. The van der Waals surface area contributed by atoms with Crippen molar-refractivity contribution in [1.82, 2.24) is 4.90 Å². The second-order valence-electron chi connectivity index (χ2n) is 6.25. The first-order valence-corrected chi connectivity index (χ1v) is 8.11. The molecule has 0 spiro atoms. The lowest BCUT2D eigenvalue weighted by atomic mass is 9.81. The van der Waals surface area contributed by atoms with Gasteiger partial charge in [-0.3, -0.25) is 0 Å². The van der Waals surface area contributed by atoms with Crippen molar-refractivity contribution in [3.63, 3.8) is 0 Å². The second-order valence-corrected chi connectivity index (χ2v) is 6.56. The molecule has 0 amide bonds. The molecule has 19 heavy (non-hydrogen) atoms. The fraction of sp³-hybridized carbons (Fsp3) is 0.750. The van der Waals surface area contributed by atoms with Crippen LogP contribution >= 0.6 is 12.6 Å². The van der Waals surface area contributed by atoms with E-state index in [-0.39, 0.29) is 0 Å². The van der Waals surface area contributed by atoms with E-state index < -0.39 is 0 Å². The first-order chi connectivity index (χ1) is 9.15. The summed E-state index contributed by atoms with van der Waals surface area (Å²) in [6.07, 6.45) is 10.0. The number of furan rings is 1. The summed E-state index contributed by atoms with van der Waals surface area (Å²) in [5.74, 6) is 2.06. The molecule has 108 valence electrons. The monoisotopic (exact) mass is 281 g/mol. The summed E-state index contributed by atoms with van der Waals surface area (Å²) < 4.78 is 5.39. The second kappa shape index (κ2) is 6.85. The minimum atomic E-state index is 0.423. The molecule has 0 atom stereocenters. The van der Waals surface area contributed by atoms with Gasteiger partial charge in [-0.1, -0.05) is 25.7 Å². The fourth-order valence-corrected chi connectivity index (χ4v) is 3.76. The van der Waals surface area contributed by atoms with Crippen molar-refractivity contribution in [2.24, 2.45) is 5.41 Å². The zero-order chi connectivity index (χ0) is 13.7. The van der Waals surface area contributed by atoms with Crippen LogP contribution in [0.5, 0.6) is 0 Å². The van der Waals surface area contributed by atoms with Crippen LogP contribution in [0.1, 0.15) is 49.8 Å². The maximum atomic E-state index is 5.39. The third-order valence-corrected chi connectivity index (χ3v) is 5.18. The lowest BCUT2D eigenvalue weighted by Gasteiger charge is -2.35. The Hall–Kier alpha value is -0.410. The SMILES string of the molecule is Cc1occc1CN(C)CC1(CS)CCCCCC1. The van der Waals surface area contributed by atoms with Crippen molar-refractivity contribution in [3.8, 4) is 0 Å². The molecule has 1 heterocycles. The molecule has 1 fully saturated rings. The zero-order valence-corrected chi connectivity index (χ0v) is 13.2. The third kappa shape index (κ3) is 4.03. The van der Waals surface area contributed by atoms with E-state index in [9.17, 15) is 0 Å². The van der Waals surface area contributed by atoms with Crippen LogP contribution in [-0.2, 0) is 6.54 Å². The molecule has 3 heteroatoms. The lowest BCUT2D eigenvalue weighted by Crippen LogP contribution is -2.36. The summed E-state index contributed by atoms with van der Waals surface area (Å²) in [5.41, 5.74) is 1.73. The Morgan fingerprint density at radius 3 is 2.47 bits per heavy atom. The van der Waals surface area contributed by atoms with E-state index in [2.05, 4.69) is 30.6 Å². The number of hydrogen-bond acceptors (Lipinski definition) is 3. The van der Waals surface area contributed by atoms with Crippen LogP contribution in [0, 0.1) is 12.3 Å². The molecule has 0 radical (unpaired) electrons. The van der Waals surface area contributed by atoms with Crippen LogP contribution in [0.3, 0.4) is 0 Å². The van der Waals surface area contributed by atoms with Crippen LogP contribution < -0.4 is 0 Å². The number of thiol groups is 1. The summed E-state index contributed by atoms with van der Waals surface area (Å²) in [5, 5.41) is 0. The topological polar surface area (TPSA) is 16.4 Å². The van der Waals surface area contributed by atoms with Gasteiger partial charge < -0.3 is 9.32 Å². The summed E-state index contributed by atoms with van der Waals surface area (Å²) in [6, 6.07) is 2.09.